The minimum absolute atomic E-state index is 0.183. The van der Waals surface area contributed by atoms with Crippen LogP contribution in [0.1, 0.15) is 45.1 Å². The predicted molar refractivity (Wildman–Crippen MR) is 98.9 cm³/mol. The molecule has 2 heterocycles. The van der Waals surface area contributed by atoms with E-state index in [1.807, 2.05) is 6.20 Å². The highest BCUT2D eigenvalue weighted by Gasteiger charge is 2.37. The molecule has 25 heavy (non-hydrogen) atoms. The van der Waals surface area contributed by atoms with E-state index in [0.29, 0.717) is 12.3 Å². The van der Waals surface area contributed by atoms with Gasteiger partial charge in [0, 0.05) is 24.7 Å². The Morgan fingerprint density at radius 3 is 3.00 bits per heavy atom. The van der Waals surface area contributed by atoms with Gasteiger partial charge in [0.1, 0.15) is 5.69 Å². The fourth-order valence-corrected chi connectivity index (χ4v) is 3.86. The summed E-state index contributed by atoms with van der Waals surface area (Å²) < 4.78 is 0. The second-order valence-electron chi connectivity index (χ2n) is 7.42. The molecule has 0 bridgehead atoms. The number of nitrogens with one attached hydrogen (secondary N) is 1. The van der Waals surface area contributed by atoms with Crippen LogP contribution in [0.5, 0.6) is 0 Å². The van der Waals surface area contributed by atoms with Gasteiger partial charge in [-0.25, -0.2) is 0 Å². The molecular weight excluding hydrogens is 310 g/mol. The molecule has 1 N–H and O–H groups in total. The highest BCUT2D eigenvalue weighted by Crippen LogP contribution is 2.40. The van der Waals surface area contributed by atoms with Gasteiger partial charge >= 0.3 is 0 Å². The number of benzene rings is 1. The number of hydrogen-bond donors (Lipinski definition) is 1. The number of likely N-dealkylation sites (tertiary alicyclic amines) is 1. The van der Waals surface area contributed by atoms with Gasteiger partial charge in [-0.3, -0.25) is 5.10 Å². The van der Waals surface area contributed by atoms with Crippen LogP contribution in [0.15, 0.2) is 30.5 Å². The lowest BCUT2D eigenvalue weighted by molar-refractivity contribution is 0.110. The molecule has 1 aliphatic heterocycles. The summed E-state index contributed by atoms with van der Waals surface area (Å²) in [6.45, 7) is 8.12. The molecular formula is C20H27N5. The molecule has 0 spiro atoms. The summed E-state index contributed by atoms with van der Waals surface area (Å²) in [7, 11) is 0. The van der Waals surface area contributed by atoms with Crippen molar-refractivity contribution in [3.63, 3.8) is 0 Å². The lowest BCUT2D eigenvalue weighted by atomic mass is 9.67. The molecule has 132 valence electrons. The van der Waals surface area contributed by atoms with Gasteiger partial charge in [-0.15, -0.1) is 5.10 Å². The number of hydrogen-bond acceptors (Lipinski definition) is 4. The number of H-pyrrole nitrogens is 1. The van der Waals surface area contributed by atoms with Gasteiger partial charge in [-0.05, 0) is 55.3 Å². The highest BCUT2D eigenvalue weighted by molar-refractivity contribution is 5.59. The summed E-state index contributed by atoms with van der Waals surface area (Å²) in [5.74, 6) is 0.588. The Morgan fingerprint density at radius 2 is 2.28 bits per heavy atom. The smallest absolute Gasteiger partial charge is 0.112 e. The van der Waals surface area contributed by atoms with Crippen LogP contribution in [0.2, 0.25) is 0 Å². The van der Waals surface area contributed by atoms with Crippen molar-refractivity contribution < 1.29 is 0 Å². The van der Waals surface area contributed by atoms with Crippen LogP contribution in [-0.2, 0) is 5.41 Å². The number of aromatic nitrogens is 3. The number of unbranched alkanes of at least 4 members (excludes halogenated alkanes) is 2. The first-order valence-electron chi connectivity index (χ1n) is 9.20. The standard InChI is InChI=1S/C20H27N5/c1-16-15-25(11-5-3-4-10-21)12-9-20(16,2)18-8-6-7-17(13-18)19-14-22-24-23-19/h6-8,13-14,16H,3-5,9,11-12,15H2,1-2H3,(H,22,23,24). The van der Waals surface area contributed by atoms with Gasteiger partial charge in [-0.1, -0.05) is 37.3 Å². The molecule has 2 atom stereocenters. The fourth-order valence-electron chi connectivity index (χ4n) is 3.86. The summed E-state index contributed by atoms with van der Waals surface area (Å²) in [5, 5.41) is 19.4. The normalized spacial score (nSPS) is 24.1. The molecule has 3 rings (SSSR count). The average Bonchev–Trinajstić information content (AvgIpc) is 3.17. The first-order chi connectivity index (χ1) is 12.1. The Morgan fingerprint density at radius 1 is 1.40 bits per heavy atom. The molecule has 5 heteroatoms. The van der Waals surface area contributed by atoms with Crippen molar-refractivity contribution in [2.75, 3.05) is 19.6 Å². The van der Waals surface area contributed by atoms with Crippen LogP contribution >= 0.6 is 0 Å². The zero-order valence-electron chi connectivity index (χ0n) is 15.2. The zero-order valence-corrected chi connectivity index (χ0v) is 15.2. The Labute approximate surface area is 150 Å². The summed E-state index contributed by atoms with van der Waals surface area (Å²) >= 11 is 0. The van der Waals surface area contributed by atoms with Gasteiger partial charge < -0.3 is 4.90 Å². The van der Waals surface area contributed by atoms with E-state index in [1.54, 1.807) is 0 Å². The Kier molecular flexibility index (Phi) is 5.50. The van der Waals surface area contributed by atoms with E-state index in [0.717, 1.165) is 50.2 Å². The second-order valence-corrected chi connectivity index (χ2v) is 7.42. The third-order valence-corrected chi connectivity index (χ3v) is 5.81. The summed E-state index contributed by atoms with van der Waals surface area (Å²) in [5.41, 5.74) is 3.60. The van der Waals surface area contributed by atoms with Crippen molar-refractivity contribution >= 4 is 0 Å². The maximum Gasteiger partial charge on any atom is 0.112 e. The van der Waals surface area contributed by atoms with Crippen molar-refractivity contribution in [1.29, 1.82) is 5.26 Å². The third kappa shape index (κ3) is 3.91. The molecule has 1 saturated heterocycles. The molecule has 1 fully saturated rings. The van der Waals surface area contributed by atoms with E-state index in [2.05, 4.69) is 64.5 Å². The minimum Gasteiger partial charge on any atom is -0.303 e. The van der Waals surface area contributed by atoms with Crippen LogP contribution in [0.25, 0.3) is 11.3 Å². The number of rotatable bonds is 6. The van der Waals surface area contributed by atoms with E-state index < -0.39 is 0 Å². The van der Waals surface area contributed by atoms with Crippen LogP contribution in [0, 0.1) is 17.2 Å². The maximum absolute atomic E-state index is 8.66. The fraction of sp³-hybridized carbons (Fsp3) is 0.550. The Balaban J connectivity index is 1.68. The van der Waals surface area contributed by atoms with Crippen molar-refractivity contribution in [2.45, 2.75) is 44.9 Å². The molecule has 0 saturated carbocycles. The molecule has 0 radical (unpaired) electrons. The minimum atomic E-state index is 0.183. The zero-order chi connectivity index (χ0) is 17.7. The largest absolute Gasteiger partial charge is 0.303 e. The first kappa shape index (κ1) is 17.6. The lowest BCUT2D eigenvalue weighted by Crippen LogP contribution is -2.47. The van der Waals surface area contributed by atoms with Gasteiger partial charge in [0.15, 0.2) is 0 Å². The highest BCUT2D eigenvalue weighted by atomic mass is 15.3. The number of nitriles is 1. The molecule has 5 nitrogen and oxygen atoms in total. The van der Waals surface area contributed by atoms with E-state index in [-0.39, 0.29) is 5.41 Å². The van der Waals surface area contributed by atoms with E-state index in [4.69, 9.17) is 5.26 Å². The summed E-state index contributed by atoms with van der Waals surface area (Å²) in [6.07, 6.45) is 5.82. The van der Waals surface area contributed by atoms with Gasteiger partial charge in [0.2, 0.25) is 0 Å². The van der Waals surface area contributed by atoms with E-state index in [9.17, 15) is 0 Å². The molecule has 0 amide bonds. The second kappa shape index (κ2) is 7.79. The Hall–Kier alpha value is -2.19. The lowest BCUT2D eigenvalue weighted by Gasteiger charge is -2.45. The number of piperidine rings is 1. The van der Waals surface area contributed by atoms with Crippen molar-refractivity contribution in [1.82, 2.24) is 20.3 Å². The van der Waals surface area contributed by atoms with Crippen molar-refractivity contribution in [3.05, 3.63) is 36.0 Å². The van der Waals surface area contributed by atoms with Crippen LogP contribution < -0.4 is 0 Å². The molecule has 0 aliphatic carbocycles. The summed E-state index contributed by atoms with van der Waals surface area (Å²) in [4.78, 5) is 2.56. The third-order valence-electron chi connectivity index (χ3n) is 5.81. The molecule has 2 aromatic rings. The van der Waals surface area contributed by atoms with Crippen LogP contribution in [-0.4, -0.2) is 39.9 Å². The molecule has 1 aromatic carbocycles. The Bertz CT molecular complexity index is 718. The molecule has 1 aliphatic rings. The maximum atomic E-state index is 8.66. The van der Waals surface area contributed by atoms with Gasteiger partial charge in [0.25, 0.3) is 0 Å². The topological polar surface area (TPSA) is 68.6 Å². The number of nitrogens with zero attached hydrogens (tertiary/aromatic N) is 4. The SMILES string of the molecule is CC1CN(CCCCC#N)CCC1(C)c1cccc(-c2c[nH]nn2)c1. The van der Waals surface area contributed by atoms with Gasteiger partial charge in [0.05, 0.1) is 6.07 Å². The van der Waals surface area contributed by atoms with Crippen LogP contribution in [0.3, 0.4) is 0 Å². The predicted octanol–water partition coefficient (Wildman–Crippen LogP) is 3.77. The molecule has 1 aromatic heterocycles. The van der Waals surface area contributed by atoms with E-state index in [1.165, 1.54) is 5.56 Å². The van der Waals surface area contributed by atoms with Gasteiger partial charge in [-0.2, -0.15) is 5.26 Å². The average molecular weight is 337 g/mol. The quantitative estimate of drug-likeness (QED) is 0.815. The molecule has 2 unspecified atom stereocenters. The number of aromatic amines is 1. The first-order valence-corrected chi connectivity index (χ1v) is 9.20. The van der Waals surface area contributed by atoms with E-state index >= 15 is 0 Å². The van der Waals surface area contributed by atoms with Crippen molar-refractivity contribution in [2.24, 2.45) is 5.92 Å². The van der Waals surface area contributed by atoms with Crippen LogP contribution in [0.4, 0.5) is 0 Å². The summed E-state index contributed by atoms with van der Waals surface area (Å²) in [6, 6.07) is 11.0. The van der Waals surface area contributed by atoms with Crippen molar-refractivity contribution in [3.8, 4) is 17.3 Å². The monoisotopic (exact) mass is 337 g/mol.